The Bertz CT molecular complexity index is 778. The molecule has 0 spiro atoms. The van der Waals surface area contributed by atoms with E-state index in [0.717, 1.165) is 24.1 Å². The monoisotopic (exact) mass is 384 g/mol. The molecule has 0 saturated carbocycles. The summed E-state index contributed by atoms with van der Waals surface area (Å²) in [7, 11) is 0. The summed E-state index contributed by atoms with van der Waals surface area (Å²) in [5.74, 6) is -0.697. The van der Waals surface area contributed by atoms with Gasteiger partial charge in [0, 0.05) is 12.1 Å². The molecule has 2 aromatic carbocycles. The SMILES string of the molecule is Cc1cccc(NC(=S)NC(=O)CCC(=O)OCCCc2ccccc2)c1. The Hall–Kier alpha value is -2.73. The summed E-state index contributed by atoms with van der Waals surface area (Å²) in [6.45, 7) is 2.32. The first-order valence-electron chi connectivity index (χ1n) is 8.90. The van der Waals surface area contributed by atoms with Crippen molar-refractivity contribution in [1.29, 1.82) is 0 Å². The maximum atomic E-state index is 11.9. The second kappa shape index (κ2) is 11.1. The van der Waals surface area contributed by atoms with Crippen LogP contribution < -0.4 is 10.6 Å². The van der Waals surface area contributed by atoms with Gasteiger partial charge in [-0.25, -0.2) is 0 Å². The maximum absolute atomic E-state index is 11.9. The van der Waals surface area contributed by atoms with Crippen LogP contribution in [-0.4, -0.2) is 23.6 Å². The highest BCUT2D eigenvalue weighted by molar-refractivity contribution is 7.80. The first-order valence-corrected chi connectivity index (χ1v) is 9.31. The van der Waals surface area contributed by atoms with Crippen LogP contribution in [0.3, 0.4) is 0 Å². The lowest BCUT2D eigenvalue weighted by Gasteiger charge is -2.10. The molecular weight excluding hydrogens is 360 g/mol. The van der Waals surface area contributed by atoms with Gasteiger partial charge in [-0.1, -0.05) is 42.5 Å². The van der Waals surface area contributed by atoms with E-state index in [1.807, 2.05) is 61.5 Å². The van der Waals surface area contributed by atoms with Gasteiger partial charge in [0.15, 0.2) is 5.11 Å². The third-order valence-corrected chi connectivity index (χ3v) is 4.00. The van der Waals surface area contributed by atoms with Crippen LogP contribution in [0.4, 0.5) is 5.69 Å². The van der Waals surface area contributed by atoms with Crippen molar-refractivity contribution in [3.63, 3.8) is 0 Å². The van der Waals surface area contributed by atoms with Gasteiger partial charge in [0.1, 0.15) is 0 Å². The van der Waals surface area contributed by atoms with E-state index in [0.29, 0.717) is 6.61 Å². The van der Waals surface area contributed by atoms with E-state index in [4.69, 9.17) is 17.0 Å². The van der Waals surface area contributed by atoms with Crippen molar-refractivity contribution in [3.8, 4) is 0 Å². The predicted molar refractivity (Wildman–Crippen MR) is 110 cm³/mol. The minimum Gasteiger partial charge on any atom is -0.466 e. The summed E-state index contributed by atoms with van der Waals surface area (Å²) in [6.07, 6.45) is 1.68. The second-order valence-corrected chi connectivity index (χ2v) is 6.59. The second-order valence-electron chi connectivity index (χ2n) is 6.18. The van der Waals surface area contributed by atoms with Crippen LogP contribution in [0.1, 0.15) is 30.4 Å². The van der Waals surface area contributed by atoms with Crippen LogP contribution in [0, 0.1) is 6.92 Å². The van der Waals surface area contributed by atoms with Crippen molar-refractivity contribution in [2.45, 2.75) is 32.6 Å². The number of aryl methyl sites for hydroxylation is 2. The van der Waals surface area contributed by atoms with Gasteiger partial charge < -0.3 is 15.4 Å². The molecule has 0 saturated heterocycles. The Morgan fingerprint density at radius 2 is 1.81 bits per heavy atom. The molecule has 0 aliphatic carbocycles. The summed E-state index contributed by atoms with van der Waals surface area (Å²) in [4.78, 5) is 23.6. The zero-order chi connectivity index (χ0) is 19.5. The van der Waals surface area contributed by atoms with Gasteiger partial charge in [-0.15, -0.1) is 0 Å². The van der Waals surface area contributed by atoms with Gasteiger partial charge in [-0.3, -0.25) is 9.59 Å². The van der Waals surface area contributed by atoms with Crippen molar-refractivity contribution >= 4 is 34.9 Å². The Labute approximate surface area is 165 Å². The molecule has 27 heavy (non-hydrogen) atoms. The molecule has 142 valence electrons. The van der Waals surface area contributed by atoms with Crippen LogP contribution >= 0.6 is 12.2 Å². The minimum absolute atomic E-state index is 0.0320. The molecule has 0 aliphatic heterocycles. The summed E-state index contributed by atoms with van der Waals surface area (Å²) < 4.78 is 5.16. The summed E-state index contributed by atoms with van der Waals surface area (Å²) in [6, 6.07) is 17.7. The van der Waals surface area contributed by atoms with Gasteiger partial charge >= 0.3 is 5.97 Å². The highest BCUT2D eigenvalue weighted by Crippen LogP contribution is 2.09. The number of rotatable bonds is 8. The van der Waals surface area contributed by atoms with E-state index in [1.165, 1.54) is 5.56 Å². The molecule has 0 fully saturated rings. The molecule has 0 aromatic heterocycles. The van der Waals surface area contributed by atoms with E-state index >= 15 is 0 Å². The van der Waals surface area contributed by atoms with Gasteiger partial charge in [-0.05, 0) is 55.2 Å². The van der Waals surface area contributed by atoms with Crippen LogP contribution in [0.25, 0.3) is 0 Å². The minimum atomic E-state index is -0.379. The van der Waals surface area contributed by atoms with Crippen molar-refractivity contribution in [3.05, 3.63) is 65.7 Å². The van der Waals surface area contributed by atoms with E-state index in [2.05, 4.69) is 10.6 Å². The molecule has 0 unspecified atom stereocenters. The van der Waals surface area contributed by atoms with Gasteiger partial charge in [0.2, 0.25) is 5.91 Å². The Kier molecular flexibility index (Phi) is 8.45. The normalized spacial score (nSPS) is 10.1. The highest BCUT2D eigenvalue weighted by atomic mass is 32.1. The number of amides is 1. The number of ether oxygens (including phenoxy) is 1. The fourth-order valence-corrected chi connectivity index (χ4v) is 2.70. The molecule has 0 bridgehead atoms. The Balaban J connectivity index is 1.58. The molecule has 5 nitrogen and oxygen atoms in total. The predicted octanol–water partition coefficient (Wildman–Crippen LogP) is 3.76. The number of carbonyl (C=O) groups excluding carboxylic acids is 2. The third kappa shape index (κ3) is 8.46. The number of thiocarbonyl (C=S) groups is 1. The summed E-state index contributed by atoms with van der Waals surface area (Å²) >= 11 is 5.11. The lowest BCUT2D eigenvalue weighted by atomic mass is 10.1. The van der Waals surface area contributed by atoms with E-state index in [9.17, 15) is 9.59 Å². The van der Waals surface area contributed by atoms with Gasteiger partial charge in [0.25, 0.3) is 0 Å². The van der Waals surface area contributed by atoms with Gasteiger partial charge in [-0.2, -0.15) is 0 Å². The lowest BCUT2D eigenvalue weighted by Crippen LogP contribution is -2.34. The summed E-state index contributed by atoms with van der Waals surface area (Å²) in [5, 5.41) is 5.72. The van der Waals surface area contributed by atoms with Crippen molar-refractivity contribution in [2.75, 3.05) is 11.9 Å². The molecule has 0 heterocycles. The Morgan fingerprint density at radius 3 is 2.56 bits per heavy atom. The number of hydrogen-bond donors (Lipinski definition) is 2. The zero-order valence-electron chi connectivity index (χ0n) is 15.4. The number of benzene rings is 2. The lowest BCUT2D eigenvalue weighted by molar-refractivity contribution is -0.145. The highest BCUT2D eigenvalue weighted by Gasteiger charge is 2.09. The van der Waals surface area contributed by atoms with Crippen LogP contribution in [0.15, 0.2) is 54.6 Å². The van der Waals surface area contributed by atoms with Crippen molar-refractivity contribution < 1.29 is 14.3 Å². The van der Waals surface area contributed by atoms with Gasteiger partial charge in [0.05, 0.1) is 13.0 Å². The zero-order valence-corrected chi connectivity index (χ0v) is 16.2. The van der Waals surface area contributed by atoms with E-state index < -0.39 is 0 Å². The number of anilines is 1. The molecular formula is C21H24N2O3S. The molecule has 0 aliphatic rings. The molecule has 0 radical (unpaired) electrons. The van der Waals surface area contributed by atoms with Crippen LogP contribution in [0.2, 0.25) is 0 Å². The number of nitrogens with one attached hydrogen (secondary N) is 2. The maximum Gasteiger partial charge on any atom is 0.306 e. The molecule has 2 aromatic rings. The molecule has 2 rings (SSSR count). The average Bonchev–Trinajstić information content (AvgIpc) is 2.64. The van der Waals surface area contributed by atoms with Crippen LogP contribution in [0.5, 0.6) is 0 Å². The Morgan fingerprint density at radius 1 is 1.04 bits per heavy atom. The van der Waals surface area contributed by atoms with E-state index in [-0.39, 0.29) is 29.8 Å². The standard InChI is InChI=1S/C21H24N2O3S/c1-16-7-5-11-18(15-16)22-21(27)23-19(24)12-13-20(25)26-14-6-10-17-8-3-2-4-9-17/h2-5,7-9,11,15H,6,10,12-14H2,1H3,(H2,22,23,24,27). The van der Waals surface area contributed by atoms with Crippen LogP contribution in [-0.2, 0) is 20.7 Å². The van der Waals surface area contributed by atoms with Crippen molar-refractivity contribution in [2.24, 2.45) is 0 Å². The average molecular weight is 385 g/mol. The van der Waals surface area contributed by atoms with Crippen molar-refractivity contribution in [1.82, 2.24) is 5.32 Å². The molecule has 2 N–H and O–H groups in total. The third-order valence-electron chi connectivity index (χ3n) is 3.80. The molecule has 1 amide bonds. The topological polar surface area (TPSA) is 67.4 Å². The number of carbonyl (C=O) groups is 2. The summed E-state index contributed by atoms with van der Waals surface area (Å²) in [5.41, 5.74) is 3.10. The quantitative estimate of drug-likeness (QED) is 0.412. The number of hydrogen-bond acceptors (Lipinski definition) is 4. The fraction of sp³-hybridized carbons (Fsp3) is 0.286. The number of esters is 1. The first-order chi connectivity index (χ1) is 13.0. The fourth-order valence-electron chi connectivity index (χ4n) is 2.47. The largest absolute Gasteiger partial charge is 0.466 e. The smallest absolute Gasteiger partial charge is 0.306 e. The van der Waals surface area contributed by atoms with E-state index in [1.54, 1.807) is 0 Å². The first kappa shape index (κ1) is 20.6. The molecule has 0 atom stereocenters. The molecule has 6 heteroatoms.